The SMILES string of the molecule is CCCCC[Si]1(F)CCC(c2ccc(-c3ccc(C(F)(F)F)cc3)cc2)CC1. The van der Waals surface area contributed by atoms with Crippen LogP contribution in [0.3, 0.4) is 0 Å². The molecule has 0 nitrogen and oxygen atoms in total. The zero-order valence-corrected chi connectivity index (χ0v) is 17.4. The van der Waals surface area contributed by atoms with E-state index in [0.717, 1.165) is 73.5 Å². The molecule has 2 aromatic rings. The summed E-state index contributed by atoms with van der Waals surface area (Å²) in [5.41, 5.74) is 2.27. The molecule has 0 atom stereocenters. The summed E-state index contributed by atoms with van der Waals surface area (Å²) < 4.78 is 53.1. The molecule has 1 saturated heterocycles. The minimum Gasteiger partial charge on any atom is -0.314 e. The van der Waals surface area contributed by atoms with Crippen LogP contribution in [-0.4, -0.2) is 8.41 Å². The smallest absolute Gasteiger partial charge is 0.314 e. The Morgan fingerprint density at radius 1 is 0.857 bits per heavy atom. The Balaban J connectivity index is 1.61. The Bertz CT molecular complexity index is 742. The molecular formula is C23H28F4Si. The Morgan fingerprint density at radius 2 is 1.39 bits per heavy atom. The fourth-order valence-corrected chi connectivity index (χ4v) is 7.57. The molecule has 1 aliphatic heterocycles. The molecule has 28 heavy (non-hydrogen) atoms. The van der Waals surface area contributed by atoms with Crippen molar-refractivity contribution in [3.05, 3.63) is 59.7 Å². The van der Waals surface area contributed by atoms with E-state index in [1.807, 2.05) is 12.1 Å². The highest BCUT2D eigenvalue weighted by atomic mass is 28.4. The van der Waals surface area contributed by atoms with E-state index < -0.39 is 20.1 Å². The van der Waals surface area contributed by atoms with Crippen molar-refractivity contribution in [2.24, 2.45) is 0 Å². The van der Waals surface area contributed by atoms with E-state index in [4.69, 9.17) is 0 Å². The lowest BCUT2D eigenvalue weighted by atomic mass is 9.92. The second kappa shape index (κ2) is 8.81. The minimum absolute atomic E-state index is 0.407. The van der Waals surface area contributed by atoms with E-state index in [2.05, 4.69) is 19.1 Å². The zero-order valence-electron chi connectivity index (χ0n) is 16.4. The van der Waals surface area contributed by atoms with Crippen molar-refractivity contribution in [1.29, 1.82) is 0 Å². The Morgan fingerprint density at radius 3 is 1.89 bits per heavy atom. The van der Waals surface area contributed by atoms with Gasteiger partial charge in [-0.05, 0) is 65.7 Å². The molecule has 3 rings (SSSR count). The number of unbranched alkanes of at least 4 members (excludes halogenated alkanes) is 2. The van der Waals surface area contributed by atoms with Crippen LogP contribution in [0, 0.1) is 0 Å². The molecule has 1 aliphatic rings. The summed E-state index contributed by atoms with van der Waals surface area (Å²) in [6.07, 6.45) is 0.843. The number of halogens is 4. The van der Waals surface area contributed by atoms with Crippen molar-refractivity contribution >= 4 is 8.41 Å². The maximum atomic E-state index is 15.0. The lowest BCUT2D eigenvalue weighted by Gasteiger charge is -2.32. The predicted octanol–water partition coefficient (Wildman–Crippen LogP) is 8.36. The first-order valence-electron chi connectivity index (χ1n) is 10.3. The lowest BCUT2D eigenvalue weighted by Crippen LogP contribution is -2.32. The van der Waals surface area contributed by atoms with Gasteiger partial charge >= 0.3 is 6.18 Å². The number of hydrogen-bond donors (Lipinski definition) is 0. The average molecular weight is 409 g/mol. The Hall–Kier alpha value is -1.62. The van der Waals surface area contributed by atoms with Gasteiger partial charge in [0.15, 0.2) is 0 Å². The lowest BCUT2D eigenvalue weighted by molar-refractivity contribution is -0.137. The fourth-order valence-electron chi connectivity index (χ4n) is 4.21. The summed E-state index contributed by atoms with van der Waals surface area (Å²) in [7, 11) is -2.52. The number of rotatable bonds is 6. The van der Waals surface area contributed by atoms with Crippen LogP contribution >= 0.6 is 0 Å². The monoisotopic (exact) mass is 408 g/mol. The van der Waals surface area contributed by atoms with Crippen LogP contribution in [-0.2, 0) is 6.18 Å². The maximum Gasteiger partial charge on any atom is 0.416 e. The second-order valence-corrected chi connectivity index (χ2v) is 11.9. The minimum atomic E-state index is -4.31. The van der Waals surface area contributed by atoms with Crippen LogP contribution in [0.5, 0.6) is 0 Å². The highest BCUT2D eigenvalue weighted by Crippen LogP contribution is 2.42. The van der Waals surface area contributed by atoms with Crippen molar-refractivity contribution in [3.63, 3.8) is 0 Å². The van der Waals surface area contributed by atoms with Gasteiger partial charge in [0.2, 0.25) is 8.41 Å². The summed E-state index contributed by atoms with van der Waals surface area (Å²) in [5, 5.41) is 0. The van der Waals surface area contributed by atoms with Gasteiger partial charge in [0.05, 0.1) is 5.56 Å². The second-order valence-electron chi connectivity index (χ2n) is 8.08. The standard InChI is InChI=1S/C23H28F4Si/c1-2-3-4-15-28(27)16-13-21(14-17-28)19-7-5-18(6-8-19)20-9-11-22(12-10-20)23(24,25)26/h5-12,21H,2-4,13-17H2,1H3. The van der Waals surface area contributed by atoms with E-state index in [-0.39, 0.29) is 0 Å². The predicted molar refractivity (Wildman–Crippen MR) is 110 cm³/mol. The van der Waals surface area contributed by atoms with E-state index >= 15 is 4.11 Å². The summed E-state index contributed by atoms with van der Waals surface area (Å²) in [6.45, 7) is 2.15. The van der Waals surface area contributed by atoms with E-state index in [9.17, 15) is 13.2 Å². The Labute approximate surface area is 166 Å². The number of alkyl halides is 3. The molecule has 0 radical (unpaired) electrons. The molecule has 0 aliphatic carbocycles. The van der Waals surface area contributed by atoms with Crippen molar-refractivity contribution in [2.45, 2.75) is 69.3 Å². The first-order chi connectivity index (χ1) is 13.3. The topological polar surface area (TPSA) is 0 Å². The van der Waals surface area contributed by atoms with Crippen LogP contribution in [0.4, 0.5) is 17.3 Å². The Kier molecular flexibility index (Phi) is 6.64. The molecule has 5 heteroatoms. The maximum absolute atomic E-state index is 15.0. The van der Waals surface area contributed by atoms with Gasteiger partial charge in [-0.1, -0.05) is 62.6 Å². The van der Waals surface area contributed by atoms with Crippen LogP contribution in [0.25, 0.3) is 11.1 Å². The fraction of sp³-hybridized carbons (Fsp3) is 0.478. The molecule has 0 N–H and O–H groups in total. The van der Waals surface area contributed by atoms with Gasteiger partial charge < -0.3 is 4.11 Å². The molecule has 0 amide bonds. The molecule has 2 aromatic carbocycles. The van der Waals surface area contributed by atoms with Gasteiger partial charge in [-0.25, -0.2) is 0 Å². The van der Waals surface area contributed by atoms with Crippen LogP contribution < -0.4 is 0 Å². The van der Waals surface area contributed by atoms with E-state index in [0.29, 0.717) is 5.92 Å². The summed E-state index contributed by atoms with van der Waals surface area (Å²) in [6, 6.07) is 15.7. The van der Waals surface area contributed by atoms with E-state index in [1.54, 1.807) is 0 Å². The van der Waals surface area contributed by atoms with E-state index in [1.165, 1.54) is 17.7 Å². The summed E-state index contributed by atoms with van der Waals surface area (Å²) >= 11 is 0. The highest BCUT2D eigenvalue weighted by molar-refractivity contribution is 6.73. The molecule has 0 aromatic heterocycles. The van der Waals surface area contributed by atoms with Gasteiger partial charge in [-0.15, -0.1) is 0 Å². The average Bonchev–Trinajstić information content (AvgIpc) is 2.68. The molecule has 1 fully saturated rings. The zero-order chi connectivity index (χ0) is 20.2. The van der Waals surface area contributed by atoms with Crippen molar-refractivity contribution in [2.75, 3.05) is 0 Å². The molecule has 0 bridgehead atoms. The number of benzene rings is 2. The highest BCUT2D eigenvalue weighted by Gasteiger charge is 2.38. The number of hydrogen-bond acceptors (Lipinski definition) is 0. The third-order valence-electron chi connectivity index (χ3n) is 6.04. The van der Waals surface area contributed by atoms with Gasteiger partial charge in [0, 0.05) is 0 Å². The van der Waals surface area contributed by atoms with Crippen LogP contribution in [0.1, 0.15) is 56.1 Å². The third kappa shape index (κ3) is 5.25. The molecule has 0 saturated carbocycles. The van der Waals surface area contributed by atoms with Crippen molar-refractivity contribution < 1.29 is 17.3 Å². The summed E-state index contributed by atoms with van der Waals surface area (Å²) in [5.74, 6) is 0.407. The molecule has 1 heterocycles. The summed E-state index contributed by atoms with van der Waals surface area (Å²) in [4.78, 5) is 0. The van der Waals surface area contributed by atoms with Crippen LogP contribution in [0.2, 0.25) is 18.1 Å². The van der Waals surface area contributed by atoms with Gasteiger partial charge in [0.25, 0.3) is 0 Å². The molecule has 0 spiro atoms. The molecular weight excluding hydrogens is 380 g/mol. The molecule has 152 valence electrons. The van der Waals surface area contributed by atoms with Gasteiger partial charge in [0.1, 0.15) is 0 Å². The first kappa shape index (κ1) is 21.1. The van der Waals surface area contributed by atoms with Crippen molar-refractivity contribution in [3.8, 4) is 11.1 Å². The van der Waals surface area contributed by atoms with Crippen molar-refractivity contribution in [1.82, 2.24) is 0 Å². The first-order valence-corrected chi connectivity index (χ1v) is 12.8. The largest absolute Gasteiger partial charge is 0.416 e. The molecule has 0 unspecified atom stereocenters. The van der Waals surface area contributed by atoms with Crippen LogP contribution in [0.15, 0.2) is 48.5 Å². The van der Waals surface area contributed by atoms with Gasteiger partial charge in [-0.3, -0.25) is 0 Å². The normalized spacial score (nSPS) is 23.0. The quantitative estimate of drug-likeness (QED) is 0.195. The van der Waals surface area contributed by atoms with Gasteiger partial charge in [-0.2, -0.15) is 13.2 Å². The third-order valence-corrected chi connectivity index (χ3v) is 9.66.